The number of carbonyl (C=O) groups is 1. The number of carbonyl (C=O) groups excluding carboxylic acids is 1. The van der Waals surface area contributed by atoms with E-state index in [1.165, 1.54) is 0 Å². The van der Waals surface area contributed by atoms with Gasteiger partial charge in [0.2, 0.25) is 0 Å². The molecule has 4 nitrogen and oxygen atoms in total. The Kier molecular flexibility index (Phi) is 5.62. The number of nitrogens with zero attached hydrogens (tertiary/aromatic N) is 2. The molecule has 0 fully saturated rings. The highest BCUT2D eigenvalue weighted by Crippen LogP contribution is 2.28. The maximum atomic E-state index is 12.9. The molecule has 0 spiro atoms. The Morgan fingerprint density at radius 3 is 2.37 bits per heavy atom. The third-order valence-corrected chi connectivity index (χ3v) is 5.36. The number of halogens is 2. The normalized spacial score (nSPS) is 10.8. The molecule has 0 unspecified atom stereocenters. The summed E-state index contributed by atoms with van der Waals surface area (Å²) < 4.78 is 1.80. The second kappa shape index (κ2) is 8.34. The summed E-state index contributed by atoms with van der Waals surface area (Å²) in [5.41, 5.74) is 5.71. The number of para-hydroxylation sites is 1. The lowest BCUT2D eigenvalue weighted by Crippen LogP contribution is -2.13. The Morgan fingerprint density at radius 1 is 0.933 bits per heavy atom. The number of aryl methyl sites for hydroxylation is 2. The van der Waals surface area contributed by atoms with Crippen LogP contribution in [0.15, 0.2) is 72.8 Å². The van der Waals surface area contributed by atoms with Gasteiger partial charge in [-0.25, -0.2) is 4.68 Å². The first kappa shape index (κ1) is 20.2. The number of benzene rings is 3. The van der Waals surface area contributed by atoms with Gasteiger partial charge in [-0.3, -0.25) is 4.79 Å². The molecule has 3 aromatic carbocycles. The highest BCUT2D eigenvalue weighted by Gasteiger charge is 2.18. The molecule has 0 aliphatic heterocycles. The van der Waals surface area contributed by atoms with Crippen LogP contribution in [0.2, 0.25) is 10.0 Å². The van der Waals surface area contributed by atoms with E-state index in [1.54, 1.807) is 28.9 Å². The Morgan fingerprint density at radius 2 is 1.67 bits per heavy atom. The molecule has 0 aliphatic rings. The molecule has 4 rings (SSSR count). The Bertz CT molecular complexity index is 1230. The molecule has 4 aromatic rings. The van der Waals surface area contributed by atoms with Gasteiger partial charge in [-0.1, -0.05) is 71.2 Å². The number of hydrogen-bond acceptors (Lipinski definition) is 2. The van der Waals surface area contributed by atoms with Gasteiger partial charge in [-0.15, -0.1) is 0 Å². The number of anilines is 1. The van der Waals surface area contributed by atoms with Gasteiger partial charge in [0.15, 0.2) is 5.69 Å². The predicted molar refractivity (Wildman–Crippen MR) is 123 cm³/mol. The average molecular weight is 436 g/mol. The molecular formula is C24H19Cl2N3O. The van der Waals surface area contributed by atoms with Gasteiger partial charge in [-0.2, -0.15) is 5.10 Å². The number of hydrogen-bond donors (Lipinski definition) is 1. The van der Waals surface area contributed by atoms with Gasteiger partial charge in [0.1, 0.15) is 0 Å². The van der Waals surface area contributed by atoms with E-state index in [0.717, 1.165) is 28.1 Å². The van der Waals surface area contributed by atoms with Crippen molar-refractivity contribution in [3.05, 3.63) is 99.7 Å². The number of aromatic nitrogens is 2. The number of nitrogens with one attached hydrogen (secondary N) is 1. The first-order chi connectivity index (χ1) is 14.4. The fourth-order valence-corrected chi connectivity index (χ4v) is 3.64. The zero-order valence-corrected chi connectivity index (χ0v) is 18.0. The van der Waals surface area contributed by atoms with E-state index >= 15 is 0 Å². The Balaban J connectivity index is 1.77. The lowest BCUT2D eigenvalue weighted by Gasteiger charge is -2.10. The maximum absolute atomic E-state index is 12.9. The Hall–Kier alpha value is -3.08. The lowest BCUT2D eigenvalue weighted by molar-refractivity contribution is 0.102. The summed E-state index contributed by atoms with van der Waals surface area (Å²) in [6.07, 6.45) is 0. The van der Waals surface area contributed by atoms with E-state index in [4.69, 9.17) is 23.2 Å². The van der Waals surface area contributed by atoms with Crippen LogP contribution < -0.4 is 5.32 Å². The smallest absolute Gasteiger partial charge is 0.276 e. The first-order valence-electron chi connectivity index (χ1n) is 9.42. The van der Waals surface area contributed by atoms with E-state index < -0.39 is 0 Å². The van der Waals surface area contributed by atoms with Crippen LogP contribution in [0.25, 0.3) is 16.9 Å². The largest absolute Gasteiger partial charge is 0.319 e. The summed E-state index contributed by atoms with van der Waals surface area (Å²) >= 11 is 12.1. The molecule has 1 N–H and O–H groups in total. The molecule has 1 aromatic heterocycles. The van der Waals surface area contributed by atoms with Gasteiger partial charge < -0.3 is 5.32 Å². The van der Waals surface area contributed by atoms with E-state index in [-0.39, 0.29) is 5.91 Å². The van der Waals surface area contributed by atoms with Gasteiger partial charge in [0, 0.05) is 10.6 Å². The van der Waals surface area contributed by atoms with Crippen LogP contribution in [0.1, 0.15) is 21.6 Å². The standard InChI is InChI=1S/C24H19Cl2N3O/c1-15-7-9-17(10-8-15)23-14-21(28-29(23)22-6-4-3-5-16(22)2)24(30)27-20-12-11-18(25)13-19(20)26/h3-14H,1-2H3,(H,27,30). The van der Waals surface area contributed by atoms with Gasteiger partial charge >= 0.3 is 0 Å². The summed E-state index contributed by atoms with van der Waals surface area (Å²) in [6, 6.07) is 22.8. The quantitative estimate of drug-likeness (QED) is 0.386. The van der Waals surface area contributed by atoms with Crippen molar-refractivity contribution in [2.24, 2.45) is 0 Å². The van der Waals surface area contributed by atoms with E-state index in [9.17, 15) is 4.79 Å². The van der Waals surface area contributed by atoms with E-state index in [2.05, 4.69) is 10.4 Å². The zero-order valence-electron chi connectivity index (χ0n) is 16.5. The van der Waals surface area contributed by atoms with Gasteiger partial charge in [0.05, 0.1) is 22.1 Å². The Labute approximate surface area is 185 Å². The molecule has 0 bridgehead atoms. The summed E-state index contributed by atoms with van der Waals surface area (Å²) in [5.74, 6) is -0.347. The topological polar surface area (TPSA) is 46.9 Å². The minimum atomic E-state index is -0.347. The summed E-state index contributed by atoms with van der Waals surface area (Å²) in [5, 5.41) is 8.31. The van der Waals surface area contributed by atoms with Crippen LogP contribution in [0.4, 0.5) is 5.69 Å². The van der Waals surface area contributed by atoms with Crippen molar-refractivity contribution in [1.82, 2.24) is 9.78 Å². The van der Waals surface area contributed by atoms with Crippen molar-refractivity contribution in [1.29, 1.82) is 0 Å². The monoisotopic (exact) mass is 435 g/mol. The van der Waals surface area contributed by atoms with Crippen molar-refractivity contribution in [2.75, 3.05) is 5.32 Å². The van der Waals surface area contributed by atoms with Crippen LogP contribution in [0.3, 0.4) is 0 Å². The van der Waals surface area contributed by atoms with Gasteiger partial charge in [-0.05, 0) is 49.7 Å². The molecule has 0 atom stereocenters. The fraction of sp³-hybridized carbons (Fsp3) is 0.0833. The summed E-state index contributed by atoms with van der Waals surface area (Å²) in [6.45, 7) is 4.06. The van der Waals surface area contributed by atoms with Crippen LogP contribution >= 0.6 is 23.2 Å². The molecule has 0 radical (unpaired) electrons. The van der Waals surface area contributed by atoms with E-state index in [0.29, 0.717) is 21.4 Å². The predicted octanol–water partition coefficient (Wildman–Crippen LogP) is 6.72. The van der Waals surface area contributed by atoms with Crippen LogP contribution in [-0.2, 0) is 0 Å². The van der Waals surface area contributed by atoms with Crippen LogP contribution in [0.5, 0.6) is 0 Å². The molecule has 150 valence electrons. The molecule has 1 heterocycles. The molecule has 30 heavy (non-hydrogen) atoms. The SMILES string of the molecule is Cc1ccc(-c2cc(C(=O)Nc3ccc(Cl)cc3Cl)nn2-c2ccccc2C)cc1. The highest BCUT2D eigenvalue weighted by atomic mass is 35.5. The van der Waals surface area contributed by atoms with Crippen molar-refractivity contribution in [2.45, 2.75) is 13.8 Å². The average Bonchev–Trinajstić information content (AvgIpc) is 3.16. The number of amides is 1. The van der Waals surface area contributed by atoms with Crippen LogP contribution in [0, 0.1) is 13.8 Å². The molecule has 1 amide bonds. The minimum Gasteiger partial charge on any atom is -0.319 e. The van der Waals surface area contributed by atoms with Crippen molar-refractivity contribution in [3.8, 4) is 16.9 Å². The van der Waals surface area contributed by atoms with Gasteiger partial charge in [0.25, 0.3) is 5.91 Å². The van der Waals surface area contributed by atoms with Crippen molar-refractivity contribution >= 4 is 34.8 Å². The summed E-state index contributed by atoms with van der Waals surface area (Å²) in [4.78, 5) is 12.9. The molecule has 0 aliphatic carbocycles. The maximum Gasteiger partial charge on any atom is 0.276 e. The molecule has 6 heteroatoms. The van der Waals surface area contributed by atoms with E-state index in [1.807, 2.05) is 62.4 Å². The lowest BCUT2D eigenvalue weighted by atomic mass is 10.1. The number of rotatable bonds is 4. The minimum absolute atomic E-state index is 0.292. The second-order valence-corrected chi connectivity index (χ2v) is 7.90. The zero-order chi connectivity index (χ0) is 21.3. The third-order valence-electron chi connectivity index (χ3n) is 4.81. The fourth-order valence-electron chi connectivity index (χ4n) is 3.18. The first-order valence-corrected chi connectivity index (χ1v) is 10.2. The third kappa shape index (κ3) is 4.11. The highest BCUT2D eigenvalue weighted by molar-refractivity contribution is 6.36. The second-order valence-electron chi connectivity index (χ2n) is 7.06. The summed E-state index contributed by atoms with van der Waals surface area (Å²) in [7, 11) is 0. The van der Waals surface area contributed by atoms with Crippen molar-refractivity contribution < 1.29 is 4.79 Å². The molecular weight excluding hydrogens is 417 g/mol. The van der Waals surface area contributed by atoms with Crippen LogP contribution in [-0.4, -0.2) is 15.7 Å². The van der Waals surface area contributed by atoms with Crippen molar-refractivity contribution in [3.63, 3.8) is 0 Å². The molecule has 0 saturated carbocycles. The molecule has 0 saturated heterocycles.